The highest BCUT2D eigenvalue weighted by atomic mass is 16.5. The molecule has 0 aliphatic heterocycles. The van der Waals surface area contributed by atoms with Crippen molar-refractivity contribution < 1.29 is 29.0 Å². The Bertz CT molecular complexity index is 1530. The highest BCUT2D eigenvalue weighted by molar-refractivity contribution is 5.96. The highest BCUT2D eigenvalue weighted by Gasteiger charge is 2.12. The number of phenols is 1. The van der Waals surface area contributed by atoms with Gasteiger partial charge in [-0.05, 0) is 82.1 Å². The van der Waals surface area contributed by atoms with E-state index in [1.165, 1.54) is 12.1 Å². The van der Waals surface area contributed by atoms with Crippen LogP contribution in [0, 0.1) is 0 Å². The molecule has 6 nitrogen and oxygen atoms in total. The number of carboxylic acids is 1. The van der Waals surface area contributed by atoms with E-state index in [9.17, 15) is 14.7 Å². The number of rotatable bonds is 6. The zero-order valence-corrected chi connectivity index (χ0v) is 18.0. The highest BCUT2D eigenvalue weighted by Crippen LogP contribution is 2.28. The monoisotopic (exact) mass is 452 g/mol. The molecular formula is C28H20O6. The van der Waals surface area contributed by atoms with Crippen molar-refractivity contribution in [1.82, 2.24) is 0 Å². The van der Waals surface area contributed by atoms with Gasteiger partial charge in [-0.25, -0.2) is 9.59 Å². The lowest BCUT2D eigenvalue weighted by molar-refractivity contribution is 0.0472. The molecule has 0 saturated carbocycles. The topological polar surface area (TPSA) is 97.0 Å². The zero-order valence-electron chi connectivity index (χ0n) is 18.0. The number of esters is 1. The second-order valence-electron chi connectivity index (χ2n) is 8.09. The van der Waals surface area contributed by atoms with Gasteiger partial charge in [0.2, 0.25) is 0 Å². The van der Waals surface area contributed by atoms with Crippen LogP contribution < -0.4 is 0 Å². The molecule has 0 unspecified atom stereocenters. The molecule has 6 heteroatoms. The maximum atomic E-state index is 12.7. The van der Waals surface area contributed by atoms with Crippen LogP contribution in [-0.4, -0.2) is 22.2 Å². The second kappa shape index (κ2) is 8.75. The molecule has 0 amide bonds. The fourth-order valence-corrected chi connectivity index (χ4v) is 3.92. The first kappa shape index (κ1) is 21.3. The number of furan rings is 1. The SMILES string of the molecule is O=C(O)c1ccc(Cc2cc3cc(C(=O)OCc4ccc5occc5c4)ccc3cc2O)cc1. The van der Waals surface area contributed by atoms with Crippen molar-refractivity contribution in [3.63, 3.8) is 0 Å². The quantitative estimate of drug-likeness (QED) is 0.310. The lowest BCUT2D eigenvalue weighted by atomic mass is 9.98. The first-order valence-corrected chi connectivity index (χ1v) is 10.7. The molecule has 0 atom stereocenters. The molecule has 4 aromatic carbocycles. The van der Waals surface area contributed by atoms with Crippen molar-refractivity contribution in [3.05, 3.63) is 113 Å². The summed E-state index contributed by atoms with van der Waals surface area (Å²) in [6, 6.07) is 22.7. The average Bonchev–Trinajstić information content (AvgIpc) is 3.31. The van der Waals surface area contributed by atoms with Crippen LogP contribution in [0.5, 0.6) is 5.75 Å². The minimum Gasteiger partial charge on any atom is -0.508 e. The Labute approximate surface area is 194 Å². The van der Waals surface area contributed by atoms with E-state index in [4.69, 9.17) is 14.3 Å². The molecule has 0 aliphatic rings. The molecular weight excluding hydrogens is 432 g/mol. The van der Waals surface area contributed by atoms with Crippen molar-refractivity contribution in [2.75, 3.05) is 0 Å². The summed E-state index contributed by atoms with van der Waals surface area (Å²) < 4.78 is 10.8. The van der Waals surface area contributed by atoms with Crippen LogP contribution in [0.2, 0.25) is 0 Å². The molecule has 0 spiro atoms. The Morgan fingerprint density at radius 2 is 1.53 bits per heavy atom. The van der Waals surface area contributed by atoms with Crippen LogP contribution in [0.1, 0.15) is 37.4 Å². The molecule has 2 N–H and O–H groups in total. The molecule has 0 radical (unpaired) electrons. The Morgan fingerprint density at radius 3 is 2.32 bits per heavy atom. The van der Waals surface area contributed by atoms with Gasteiger partial charge in [-0.1, -0.05) is 24.3 Å². The maximum absolute atomic E-state index is 12.7. The lowest BCUT2D eigenvalue weighted by Gasteiger charge is -2.10. The van der Waals surface area contributed by atoms with Crippen LogP contribution in [0.3, 0.4) is 0 Å². The summed E-state index contributed by atoms with van der Waals surface area (Å²) in [6.45, 7) is 0.144. The van der Waals surface area contributed by atoms with Gasteiger partial charge in [-0.15, -0.1) is 0 Å². The van der Waals surface area contributed by atoms with Crippen molar-refractivity contribution in [3.8, 4) is 5.75 Å². The number of carboxylic acid groups (broad SMARTS) is 1. The van der Waals surface area contributed by atoms with Crippen LogP contribution >= 0.6 is 0 Å². The molecule has 0 aliphatic carbocycles. The minimum atomic E-state index is -0.985. The number of aromatic hydroxyl groups is 1. The summed E-state index contributed by atoms with van der Waals surface area (Å²) in [7, 11) is 0. The zero-order chi connectivity index (χ0) is 23.7. The molecule has 0 bridgehead atoms. The first-order chi connectivity index (χ1) is 16.5. The number of ether oxygens (including phenoxy) is 1. The summed E-state index contributed by atoms with van der Waals surface area (Å²) in [5.41, 5.74) is 3.81. The summed E-state index contributed by atoms with van der Waals surface area (Å²) >= 11 is 0. The average molecular weight is 452 g/mol. The summed E-state index contributed by atoms with van der Waals surface area (Å²) in [5.74, 6) is -1.28. The third kappa shape index (κ3) is 4.34. The van der Waals surface area contributed by atoms with E-state index in [0.717, 1.165) is 32.9 Å². The van der Waals surface area contributed by atoms with Gasteiger partial charge in [-0.3, -0.25) is 0 Å². The number of benzene rings is 4. The van der Waals surface area contributed by atoms with Crippen LogP contribution in [0.4, 0.5) is 0 Å². The molecule has 5 rings (SSSR count). The number of aromatic carboxylic acids is 1. The van der Waals surface area contributed by atoms with Gasteiger partial charge in [-0.2, -0.15) is 0 Å². The van der Waals surface area contributed by atoms with Gasteiger partial charge < -0.3 is 19.4 Å². The number of fused-ring (bicyclic) bond motifs is 2. The minimum absolute atomic E-state index is 0.139. The molecule has 168 valence electrons. The van der Waals surface area contributed by atoms with Crippen molar-refractivity contribution >= 4 is 33.7 Å². The van der Waals surface area contributed by atoms with E-state index in [0.29, 0.717) is 17.5 Å². The van der Waals surface area contributed by atoms with Gasteiger partial charge in [0.1, 0.15) is 17.9 Å². The predicted molar refractivity (Wildman–Crippen MR) is 127 cm³/mol. The lowest BCUT2D eigenvalue weighted by Crippen LogP contribution is -2.05. The van der Waals surface area contributed by atoms with Crippen molar-refractivity contribution in [1.29, 1.82) is 0 Å². The Hall–Kier alpha value is -4.58. The van der Waals surface area contributed by atoms with E-state index in [-0.39, 0.29) is 17.9 Å². The van der Waals surface area contributed by atoms with Gasteiger partial charge in [0.25, 0.3) is 0 Å². The van der Waals surface area contributed by atoms with E-state index in [1.54, 1.807) is 42.7 Å². The van der Waals surface area contributed by atoms with E-state index >= 15 is 0 Å². The summed E-state index contributed by atoms with van der Waals surface area (Å²) in [4.78, 5) is 23.7. The van der Waals surface area contributed by atoms with E-state index in [2.05, 4.69) is 0 Å². The van der Waals surface area contributed by atoms with Gasteiger partial charge in [0.05, 0.1) is 17.4 Å². The van der Waals surface area contributed by atoms with Crippen LogP contribution in [0.15, 0.2) is 89.5 Å². The Kier molecular flexibility index (Phi) is 5.47. The number of carbonyl (C=O) groups is 2. The predicted octanol–water partition coefficient (Wildman–Crippen LogP) is 5.94. The number of hydrogen-bond donors (Lipinski definition) is 2. The maximum Gasteiger partial charge on any atom is 0.338 e. The van der Waals surface area contributed by atoms with Gasteiger partial charge in [0.15, 0.2) is 0 Å². The van der Waals surface area contributed by atoms with Crippen LogP contribution in [0.25, 0.3) is 21.7 Å². The Morgan fingerprint density at radius 1 is 0.765 bits per heavy atom. The normalized spacial score (nSPS) is 11.1. The first-order valence-electron chi connectivity index (χ1n) is 10.7. The van der Waals surface area contributed by atoms with E-state index in [1.807, 2.05) is 30.3 Å². The van der Waals surface area contributed by atoms with Crippen LogP contribution in [-0.2, 0) is 17.8 Å². The van der Waals surface area contributed by atoms with Gasteiger partial charge in [0, 0.05) is 11.8 Å². The third-order valence-corrected chi connectivity index (χ3v) is 5.76. The fourth-order valence-electron chi connectivity index (χ4n) is 3.92. The molecule has 0 fully saturated rings. The molecule has 5 aromatic rings. The molecule has 0 saturated heterocycles. The summed E-state index contributed by atoms with van der Waals surface area (Å²) in [5, 5.41) is 22.1. The molecule has 1 aromatic heterocycles. The number of phenolic OH excluding ortho intramolecular Hbond substituents is 1. The van der Waals surface area contributed by atoms with Gasteiger partial charge >= 0.3 is 11.9 Å². The second-order valence-corrected chi connectivity index (χ2v) is 8.09. The third-order valence-electron chi connectivity index (χ3n) is 5.76. The van der Waals surface area contributed by atoms with Crippen molar-refractivity contribution in [2.45, 2.75) is 13.0 Å². The number of hydrogen-bond acceptors (Lipinski definition) is 5. The standard InChI is InChI=1S/C28H20O6/c29-25-15-20-6-7-22(28(32)34-16-18-3-8-26-21(12-18)9-10-33-26)13-23(20)14-24(25)11-17-1-4-19(5-2-17)27(30)31/h1-10,12-15,29H,11,16H2,(H,30,31). The molecule has 34 heavy (non-hydrogen) atoms. The van der Waals surface area contributed by atoms with Crippen molar-refractivity contribution in [2.24, 2.45) is 0 Å². The Balaban J connectivity index is 1.34. The van der Waals surface area contributed by atoms with E-state index < -0.39 is 11.9 Å². The largest absolute Gasteiger partial charge is 0.508 e. The number of carbonyl (C=O) groups excluding carboxylic acids is 1. The summed E-state index contributed by atoms with van der Waals surface area (Å²) in [6.07, 6.45) is 2.04. The molecule has 1 heterocycles. The smallest absolute Gasteiger partial charge is 0.338 e. The fraction of sp³-hybridized carbons (Fsp3) is 0.0714.